The lowest BCUT2D eigenvalue weighted by Gasteiger charge is -2.22. The normalized spacial score (nSPS) is 11.0. The molecule has 0 spiro atoms. The van der Waals surface area contributed by atoms with Crippen molar-refractivity contribution in [2.45, 2.75) is 20.4 Å². The van der Waals surface area contributed by atoms with Gasteiger partial charge in [-0.3, -0.25) is 9.59 Å². The van der Waals surface area contributed by atoms with Gasteiger partial charge in [-0.25, -0.2) is 4.79 Å². The van der Waals surface area contributed by atoms with Gasteiger partial charge in [0.15, 0.2) is 0 Å². The van der Waals surface area contributed by atoms with Crippen LogP contribution in [-0.4, -0.2) is 41.0 Å². The third-order valence-electron chi connectivity index (χ3n) is 4.01. The summed E-state index contributed by atoms with van der Waals surface area (Å²) >= 11 is 0. The predicted octanol–water partition coefficient (Wildman–Crippen LogP) is 3.38. The Labute approximate surface area is 164 Å². The van der Waals surface area contributed by atoms with Crippen LogP contribution in [0.3, 0.4) is 0 Å². The lowest BCUT2D eigenvalue weighted by Crippen LogP contribution is -2.36. The number of rotatable bonds is 8. The van der Waals surface area contributed by atoms with Crippen molar-refractivity contribution in [1.82, 2.24) is 4.90 Å². The molecule has 0 unspecified atom stereocenters. The van der Waals surface area contributed by atoms with Crippen molar-refractivity contribution in [3.8, 4) is 0 Å². The lowest BCUT2D eigenvalue weighted by atomic mass is 10.1. The van der Waals surface area contributed by atoms with Crippen molar-refractivity contribution in [1.29, 1.82) is 0 Å². The zero-order valence-electron chi connectivity index (χ0n) is 15.9. The van der Waals surface area contributed by atoms with E-state index in [0.717, 1.165) is 5.56 Å². The molecule has 0 aliphatic heterocycles. The van der Waals surface area contributed by atoms with E-state index in [0.29, 0.717) is 11.1 Å². The summed E-state index contributed by atoms with van der Waals surface area (Å²) in [4.78, 5) is 37.2. The fourth-order valence-electron chi connectivity index (χ4n) is 2.65. The molecule has 0 heterocycles. The molecule has 1 amide bonds. The van der Waals surface area contributed by atoms with Crippen LogP contribution in [0.4, 0.5) is 0 Å². The average Bonchev–Trinajstić information content (AvgIpc) is 2.68. The highest BCUT2D eigenvalue weighted by molar-refractivity contribution is 5.98. The van der Waals surface area contributed by atoms with Crippen LogP contribution >= 0.6 is 0 Å². The number of esters is 1. The third kappa shape index (κ3) is 6.09. The van der Waals surface area contributed by atoms with E-state index in [1.807, 2.05) is 30.3 Å². The fraction of sp³-hybridized carbons (Fsp3) is 0.227. The van der Waals surface area contributed by atoms with E-state index in [1.165, 1.54) is 17.0 Å². The molecule has 146 valence electrons. The number of nitrogens with zero attached hydrogens (tertiary/aromatic N) is 1. The number of hydrogen-bond acceptors (Lipinski definition) is 4. The fourth-order valence-corrected chi connectivity index (χ4v) is 2.65. The van der Waals surface area contributed by atoms with Crippen molar-refractivity contribution in [3.63, 3.8) is 0 Å². The Hall–Kier alpha value is -3.41. The van der Waals surface area contributed by atoms with Crippen molar-refractivity contribution in [2.75, 3.05) is 13.2 Å². The van der Waals surface area contributed by atoms with Crippen molar-refractivity contribution in [3.05, 3.63) is 76.9 Å². The zero-order valence-corrected chi connectivity index (χ0v) is 15.9. The van der Waals surface area contributed by atoms with E-state index < -0.39 is 11.9 Å². The van der Waals surface area contributed by atoms with Crippen LogP contribution in [0, 0.1) is 0 Å². The molecule has 0 aliphatic rings. The first kappa shape index (κ1) is 20.9. The van der Waals surface area contributed by atoms with Crippen LogP contribution in [0.1, 0.15) is 35.3 Å². The van der Waals surface area contributed by atoms with Gasteiger partial charge in [0.05, 0.1) is 12.2 Å². The molecule has 1 N–H and O–H groups in total. The summed E-state index contributed by atoms with van der Waals surface area (Å²) in [5.74, 6) is -1.77. The number of carboxylic acids is 1. The quantitative estimate of drug-likeness (QED) is 0.560. The van der Waals surface area contributed by atoms with Gasteiger partial charge < -0.3 is 14.7 Å². The molecule has 0 fully saturated rings. The first-order valence-electron chi connectivity index (χ1n) is 8.91. The number of carboxylic acid groups (broad SMARTS) is 1. The molecule has 6 heteroatoms. The summed E-state index contributed by atoms with van der Waals surface area (Å²) < 4.78 is 4.99. The van der Waals surface area contributed by atoms with Crippen molar-refractivity contribution in [2.24, 2.45) is 0 Å². The number of hydrogen-bond donors (Lipinski definition) is 1. The summed E-state index contributed by atoms with van der Waals surface area (Å²) in [6.07, 6.45) is 1.66. The minimum atomic E-state index is -1.01. The number of ether oxygens (including phenoxy) is 1. The average molecular weight is 381 g/mol. The molecule has 2 aromatic carbocycles. The summed E-state index contributed by atoms with van der Waals surface area (Å²) in [5, 5.41) is 8.97. The summed E-state index contributed by atoms with van der Waals surface area (Å²) in [5.41, 5.74) is 2.21. The minimum absolute atomic E-state index is 0.148. The van der Waals surface area contributed by atoms with Crippen LogP contribution in [0.2, 0.25) is 0 Å². The molecule has 0 radical (unpaired) electrons. The molecule has 0 bridgehead atoms. The minimum Gasteiger partial charge on any atom is -0.478 e. The standard InChI is InChI=1S/C22H23NO5/c1-3-28-20(24)15-23(14-18-7-5-4-6-8-18)21(25)16(2)13-17-9-11-19(12-10-17)22(26)27/h4-13H,3,14-15H2,1-2H3,(H,26,27). The molecule has 0 aromatic heterocycles. The Balaban J connectivity index is 2.20. The second kappa shape index (κ2) is 10.1. The first-order valence-corrected chi connectivity index (χ1v) is 8.91. The molecule has 28 heavy (non-hydrogen) atoms. The Bertz CT molecular complexity index is 856. The Morgan fingerprint density at radius 3 is 2.25 bits per heavy atom. The Kier molecular flexibility index (Phi) is 7.51. The zero-order chi connectivity index (χ0) is 20.5. The highest BCUT2D eigenvalue weighted by Crippen LogP contribution is 2.13. The maximum absolute atomic E-state index is 12.9. The van der Waals surface area contributed by atoms with Gasteiger partial charge in [0.25, 0.3) is 0 Å². The molecule has 0 saturated heterocycles. The summed E-state index contributed by atoms with van der Waals surface area (Å²) in [7, 11) is 0. The Morgan fingerprint density at radius 1 is 1.04 bits per heavy atom. The van der Waals surface area contributed by atoms with Crippen LogP contribution in [0.25, 0.3) is 6.08 Å². The van der Waals surface area contributed by atoms with Crippen LogP contribution < -0.4 is 0 Å². The summed E-state index contributed by atoms with van der Waals surface area (Å²) in [6, 6.07) is 15.6. The lowest BCUT2D eigenvalue weighted by molar-refractivity contribution is -0.148. The van der Waals surface area contributed by atoms with E-state index >= 15 is 0 Å². The molecule has 2 rings (SSSR count). The van der Waals surface area contributed by atoms with Gasteiger partial charge in [0, 0.05) is 12.1 Å². The van der Waals surface area contributed by atoms with Crippen LogP contribution in [0.15, 0.2) is 60.2 Å². The van der Waals surface area contributed by atoms with Gasteiger partial charge >= 0.3 is 11.9 Å². The first-order chi connectivity index (χ1) is 13.4. The van der Waals surface area contributed by atoms with Crippen LogP contribution in [0.5, 0.6) is 0 Å². The highest BCUT2D eigenvalue weighted by Gasteiger charge is 2.19. The number of amides is 1. The van der Waals surface area contributed by atoms with E-state index in [2.05, 4.69) is 0 Å². The number of carbonyl (C=O) groups excluding carboxylic acids is 2. The highest BCUT2D eigenvalue weighted by atomic mass is 16.5. The molecular formula is C22H23NO5. The van der Waals surface area contributed by atoms with E-state index in [-0.39, 0.29) is 31.2 Å². The van der Waals surface area contributed by atoms with E-state index in [9.17, 15) is 14.4 Å². The largest absolute Gasteiger partial charge is 0.478 e. The number of benzene rings is 2. The molecular weight excluding hydrogens is 358 g/mol. The van der Waals surface area contributed by atoms with E-state index in [1.54, 1.807) is 32.1 Å². The number of aromatic carboxylic acids is 1. The molecule has 2 aromatic rings. The van der Waals surface area contributed by atoms with Gasteiger partial charge in [-0.2, -0.15) is 0 Å². The summed E-state index contributed by atoms with van der Waals surface area (Å²) in [6.45, 7) is 3.76. The second-order valence-corrected chi connectivity index (χ2v) is 6.21. The second-order valence-electron chi connectivity index (χ2n) is 6.21. The maximum Gasteiger partial charge on any atom is 0.335 e. The van der Waals surface area contributed by atoms with Gasteiger partial charge in [-0.1, -0.05) is 42.5 Å². The van der Waals surface area contributed by atoms with Gasteiger partial charge in [0.1, 0.15) is 6.54 Å². The molecule has 0 saturated carbocycles. The van der Waals surface area contributed by atoms with Crippen molar-refractivity contribution < 1.29 is 24.2 Å². The maximum atomic E-state index is 12.9. The predicted molar refractivity (Wildman–Crippen MR) is 106 cm³/mol. The van der Waals surface area contributed by atoms with E-state index in [4.69, 9.17) is 9.84 Å². The molecule has 6 nitrogen and oxygen atoms in total. The van der Waals surface area contributed by atoms with Gasteiger partial charge in [0.2, 0.25) is 5.91 Å². The molecule has 0 aliphatic carbocycles. The van der Waals surface area contributed by atoms with Crippen LogP contribution in [-0.2, 0) is 20.9 Å². The Morgan fingerprint density at radius 2 is 1.68 bits per heavy atom. The molecule has 0 atom stereocenters. The SMILES string of the molecule is CCOC(=O)CN(Cc1ccccc1)C(=O)C(C)=Cc1ccc(C(=O)O)cc1. The topological polar surface area (TPSA) is 83.9 Å². The third-order valence-corrected chi connectivity index (χ3v) is 4.01. The smallest absolute Gasteiger partial charge is 0.335 e. The number of carbonyl (C=O) groups is 3. The van der Waals surface area contributed by atoms with Gasteiger partial charge in [-0.15, -0.1) is 0 Å². The monoisotopic (exact) mass is 381 g/mol. The van der Waals surface area contributed by atoms with Crippen molar-refractivity contribution >= 4 is 23.9 Å². The van der Waals surface area contributed by atoms with Gasteiger partial charge in [-0.05, 0) is 43.2 Å².